The Balaban J connectivity index is 2.11. The summed E-state index contributed by atoms with van der Waals surface area (Å²) in [4.78, 5) is 11.7. The number of hydrogen-bond donors (Lipinski definition) is 1. The Morgan fingerprint density at radius 2 is 1.71 bits per heavy atom. The second kappa shape index (κ2) is 6.70. The third kappa shape index (κ3) is 4.03. The van der Waals surface area contributed by atoms with Gasteiger partial charge in [-0.15, -0.1) is 0 Å². The molecule has 0 unspecified atom stereocenters. The van der Waals surface area contributed by atoms with E-state index in [1.807, 2.05) is 0 Å². The van der Waals surface area contributed by atoms with Gasteiger partial charge in [0.2, 0.25) is 5.91 Å². The number of para-hydroxylation sites is 1. The molecule has 0 aliphatic rings. The van der Waals surface area contributed by atoms with Gasteiger partial charge in [0, 0.05) is 6.08 Å². The Hall–Kier alpha value is -1.91. The summed E-state index contributed by atoms with van der Waals surface area (Å²) in [7, 11) is 0. The molecule has 0 fully saturated rings. The van der Waals surface area contributed by atoms with Gasteiger partial charge in [0.1, 0.15) is 17.3 Å². The Morgan fingerprint density at radius 3 is 2.33 bits per heavy atom. The van der Waals surface area contributed by atoms with E-state index in [2.05, 4.69) is 5.32 Å². The minimum absolute atomic E-state index is 0.347. The van der Waals surface area contributed by atoms with Crippen LogP contribution >= 0.6 is 23.2 Å². The highest BCUT2D eigenvalue weighted by Crippen LogP contribution is 2.23. The first-order valence-corrected chi connectivity index (χ1v) is 6.61. The number of nitrogens with one attached hydrogen (secondary N) is 1. The predicted octanol–water partition coefficient (Wildman–Crippen LogP) is 4.92. The molecule has 2 rings (SSSR count). The quantitative estimate of drug-likeness (QED) is 0.796. The first-order valence-electron chi connectivity index (χ1n) is 5.85. The normalized spacial score (nSPS) is 10.9. The molecule has 2 aromatic carbocycles. The van der Waals surface area contributed by atoms with Crippen molar-refractivity contribution in [3.05, 3.63) is 69.7 Å². The minimum Gasteiger partial charge on any atom is -0.318 e. The van der Waals surface area contributed by atoms with E-state index in [4.69, 9.17) is 23.2 Å². The zero-order valence-electron chi connectivity index (χ0n) is 10.5. The van der Waals surface area contributed by atoms with Crippen LogP contribution in [-0.4, -0.2) is 5.91 Å². The van der Waals surface area contributed by atoms with Crippen LogP contribution in [-0.2, 0) is 4.79 Å². The summed E-state index contributed by atoms with van der Waals surface area (Å²) in [6.45, 7) is 0. The maximum Gasteiger partial charge on any atom is 0.248 e. The number of halogens is 4. The Labute approximate surface area is 130 Å². The topological polar surface area (TPSA) is 29.1 Å². The molecule has 1 N–H and O–H groups in total. The molecule has 0 radical (unpaired) electrons. The van der Waals surface area contributed by atoms with Crippen molar-refractivity contribution in [3.63, 3.8) is 0 Å². The zero-order chi connectivity index (χ0) is 15.4. The minimum atomic E-state index is -0.841. The van der Waals surface area contributed by atoms with Gasteiger partial charge in [-0.25, -0.2) is 8.78 Å². The smallest absolute Gasteiger partial charge is 0.248 e. The molecule has 0 saturated carbocycles. The SMILES string of the molecule is O=C(C=Cc1ccc(Cl)c(Cl)c1)Nc1c(F)cccc1F. The Kier molecular flexibility index (Phi) is 4.94. The summed E-state index contributed by atoms with van der Waals surface area (Å²) in [5.41, 5.74) is 0.148. The summed E-state index contributed by atoms with van der Waals surface area (Å²) in [6.07, 6.45) is 2.60. The van der Waals surface area contributed by atoms with E-state index >= 15 is 0 Å². The van der Waals surface area contributed by atoms with Gasteiger partial charge < -0.3 is 5.32 Å². The lowest BCUT2D eigenvalue weighted by Gasteiger charge is -2.04. The number of carbonyl (C=O) groups is 1. The summed E-state index contributed by atoms with van der Waals surface area (Å²) >= 11 is 11.6. The highest BCUT2D eigenvalue weighted by atomic mass is 35.5. The van der Waals surface area contributed by atoms with Crippen molar-refractivity contribution in [1.29, 1.82) is 0 Å². The molecule has 2 aromatic rings. The van der Waals surface area contributed by atoms with Crippen LogP contribution in [0.2, 0.25) is 10.0 Å². The van der Waals surface area contributed by atoms with E-state index in [1.165, 1.54) is 12.1 Å². The van der Waals surface area contributed by atoms with E-state index in [0.29, 0.717) is 15.6 Å². The van der Waals surface area contributed by atoms with Gasteiger partial charge in [0.05, 0.1) is 10.0 Å². The summed E-state index contributed by atoms with van der Waals surface area (Å²) in [6, 6.07) is 8.13. The van der Waals surface area contributed by atoms with Gasteiger partial charge in [0.25, 0.3) is 0 Å². The number of rotatable bonds is 3. The van der Waals surface area contributed by atoms with Gasteiger partial charge in [-0.2, -0.15) is 0 Å². The van der Waals surface area contributed by atoms with Crippen LogP contribution in [0.1, 0.15) is 5.56 Å². The van der Waals surface area contributed by atoms with Crippen LogP contribution in [0.15, 0.2) is 42.5 Å². The summed E-state index contributed by atoms with van der Waals surface area (Å²) < 4.78 is 26.7. The number of amides is 1. The average molecular weight is 328 g/mol. The predicted molar refractivity (Wildman–Crippen MR) is 80.5 cm³/mol. The van der Waals surface area contributed by atoms with Gasteiger partial charge in [-0.05, 0) is 35.9 Å². The van der Waals surface area contributed by atoms with Crippen molar-refractivity contribution in [2.75, 3.05) is 5.32 Å². The Morgan fingerprint density at radius 1 is 1.05 bits per heavy atom. The lowest BCUT2D eigenvalue weighted by atomic mass is 10.2. The standard InChI is InChI=1S/C15H9Cl2F2NO/c16-10-6-4-9(8-11(10)17)5-7-14(21)20-15-12(18)2-1-3-13(15)19/h1-8H,(H,20,21). The molecule has 0 aromatic heterocycles. The lowest BCUT2D eigenvalue weighted by Crippen LogP contribution is -2.10. The number of benzene rings is 2. The molecule has 0 aliphatic heterocycles. The van der Waals surface area contributed by atoms with Crippen molar-refractivity contribution in [1.82, 2.24) is 0 Å². The molecule has 6 heteroatoms. The van der Waals surface area contributed by atoms with E-state index in [-0.39, 0.29) is 0 Å². The van der Waals surface area contributed by atoms with E-state index < -0.39 is 23.2 Å². The zero-order valence-corrected chi connectivity index (χ0v) is 12.1. The third-order valence-electron chi connectivity index (χ3n) is 2.58. The number of hydrogen-bond acceptors (Lipinski definition) is 1. The molecule has 0 saturated heterocycles. The van der Waals surface area contributed by atoms with Crippen LogP contribution < -0.4 is 5.32 Å². The summed E-state index contributed by atoms with van der Waals surface area (Å²) in [5.74, 6) is -2.34. The molecule has 1 amide bonds. The fourth-order valence-electron chi connectivity index (χ4n) is 1.57. The number of anilines is 1. The molecular formula is C15H9Cl2F2NO. The van der Waals surface area contributed by atoms with Gasteiger partial charge >= 0.3 is 0 Å². The third-order valence-corrected chi connectivity index (χ3v) is 3.32. The molecule has 21 heavy (non-hydrogen) atoms. The molecule has 2 nitrogen and oxygen atoms in total. The van der Waals surface area contributed by atoms with Crippen molar-refractivity contribution < 1.29 is 13.6 Å². The Bertz CT molecular complexity index is 697. The van der Waals surface area contributed by atoms with Crippen LogP contribution in [0, 0.1) is 11.6 Å². The van der Waals surface area contributed by atoms with Crippen LogP contribution in [0.3, 0.4) is 0 Å². The van der Waals surface area contributed by atoms with Crippen molar-refractivity contribution >= 4 is 40.9 Å². The van der Waals surface area contributed by atoms with Crippen molar-refractivity contribution in [2.45, 2.75) is 0 Å². The first-order chi connectivity index (χ1) is 9.97. The monoisotopic (exact) mass is 327 g/mol. The molecule has 0 bridgehead atoms. The van der Waals surface area contributed by atoms with Crippen LogP contribution in [0.25, 0.3) is 6.08 Å². The second-order valence-corrected chi connectivity index (χ2v) is 4.91. The number of carbonyl (C=O) groups excluding carboxylic acids is 1. The highest BCUT2D eigenvalue weighted by molar-refractivity contribution is 6.42. The molecule has 108 valence electrons. The second-order valence-electron chi connectivity index (χ2n) is 4.09. The first kappa shape index (κ1) is 15.5. The highest BCUT2D eigenvalue weighted by Gasteiger charge is 2.09. The average Bonchev–Trinajstić information content (AvgIpc) is 2.44. The molecule has 0 atom stereocenters. The van der Waals surface area contributed by atoms with E-state index in [0.717, 1.165) is 18.2 Å². The largest absolute Gasteiger partial charge is 0.318 e. The van der Waals surface area contributed by atoms with Crippen LogP contribution in [0.5, 0.6) is 0 Å². The maximum atomic E-state index is 13.4. The maximum absolute atomic E-state index is 13.4. The van der Waals surface area contributed by atoms with E-state index in [9.17, 15) is 13.6 Å². The summed E-state index contributed by atoms with van der Waals surface area (Å²) in [5, 5.41) is 2.88. The van der Waals surface area contributed by atoms with E-state index in [1.54, 1.807) is 18.2 Å². The van der Waals surface area contributed by atoms with Crippen molar-refractivity contribution in [3.8, 4) is 0 Å². The van der Waals surface area contributed by atoms with Gasteiger partial charge in [0.15, 0.2) is 0 Å². The van der Waals surface area contributed by atoms with Crippen LogP contribution in [0.4, 0.5) is 14.5 Å². The molecule has 0 aliphatic carbocycles. The lowest BCUT2D eigenvalue weighted by molar-refractivity contribution is -0.111. The van der Waals surface area contributed by atoms with Crippen molar-refractivity contribution in [2.24, 2.45) is 0 Å². The molecule has 0 spiro atoms. The molecule has 0 heterocycles. The van der Waals surface area contributed by atoms with Gasteiger partial charge in [-0.1, -0.05) is 35.3 Å². The molecular weight excluding hydrogens is 319 g/mol. The van der Waals surface area contributed by atoms with Gasteiger partial charge in [-0.3, -0.25) is 4.79 Å². The fraction of sp³-hybridized carbons (Fsp3) is 0. The fourth-order valence-corrected chi connectivity index (χ4v) is 1.88.